The van der Waals surface area contributed by atoms with Crippen LogP contribution >= 0.6 is 0 Å². The predicted molar refractivity (Wildman–Crippen MR) is 102 cm³/mol. The van der Waals surface area contributed by atoms with Crippen LogP contribution in [-0.4, -0.2) is 52.2 Å². The van der Waals surface area contributed by atoms with E-state index >= 15 is 0 Å². The number of hydrogen-bond acceptors (Lipinski definition) is 6. The summed E-state index contributed by atoms with van der Waals surface area (Å²) >= 11 is 0. The highest BCUT2D eigenvalue weighted by Gasteiger charge is 2.26. The first kappa shape index (κ1) is 18.1. The number of piperazine rings is 1. The molecule has 7 heteroatoms. The van der Waals surface area contributed by atoms with E-state index < -0.39 is 0 Å². The molecule has 0 atom stereocenters. The second kappa shape index (κ2) is 8.60. The maximum Gasteiger partial charge on any atom is 0.225 e. The number of aromatic nitrogens is 3. The van der Waals surface area contributed by atoms with Gasteiger partial charge in [0.1, 0.15) is 0 Å². The van der Waals surface area contributed by atoms with E-state index in [9.17, 15) is 4.79 Å². The van der Waals surface area contributed by atoms with Gasteiger partial charge in [-0.05, 0) is 37.1 Å². The Bertz CT molecular complexity index is 694. The van der Waals surface area contributed by atoms with E-state index in [1.54, 1.807) is 12.4 Å². The van der Waals surface area contributed by atoms with Gasteiger partial charge in [-0.3, -0.25) is 9.78 Å². The zero-order valence-corrected chi connectivity index (χ0v) is 15.4. The Morgan fingerprint density at radius 2 is 1.73 bits per heavy atom. The van der Waals surface area contributed by atoms with Gasteiger partial charge >= 0.3 is 0 Å². The Labute approximate surface area is 154 Å². The number of hydrogen-bond donors (Lipinski definition) is 1. The van der Waals surface area contributed by atoms with Crippen LogP contribution in [0.2, 0.25) is 0 Å². The van der Waals surface area contributed by atoms with Crippen molar-refractivity contribution in [1.82, 2.24) is 20.1 Å². The minimum absolute atomic E-state index is 0.153. The number of nitrogens with one attached hydrogen (secondary N) is 1. The highest BCUT2D eigenvalue weighted by atomic mass is 16.2. The molecule has 1 aliphatic rings. The van der Waals surface area contributed by atoms with Crippen LogP contribution in [-0.2, 0) is 4.79 Å². The van der Waals surface area contributed by atoms with E-state index in [1.165, 1.54) is 0 Å². The molecule has 2 aromatic heterocycles. The van der Waals surface area contributed by atoms with Crippen molar-refractivity contribution in [2.45, 2.75) is 26.7 Å². The normalized spacial score (nSPS) is 14.6. The maximum atomic E-state index is 12.5. The molecule has 0 spiro atoms. The van der Waals surface area contributed by atoms with E-state index in [1.807, 2.05) is 29.2 Å². The van der Waals surface area contributed by atoms with Gasteiger partial charge < -0.3 is 15.1 Å². The van der Waals surface area contributed by atoms with E-state index in [0.29, 0.717) is 5.82 Å². The molecule has 0 aromatic carbocycles. The van der Waals surface area contributed by atoms with Crippen LogP contribution < -0.4 is 10.2 Å². The number of pyridine rings is 1. The minimum atomic E-state index is 0.153. The second-order valence-electron chi connectivity index (χ2n) is 6.46. The Balaban J connectivity index is 1.55. The fourth-order valence-corrected chi connectivity index (χ4v) is 3.20. The molecule has 0 unspecified atom stereocenters. The lowest BCUT2D eigenvalue weighted by Gasteiger charge is -2.36. The average molecular weight is 354 g/mol. The molecule has 7 nitrogen and oxygen atoms in total. The fourth-order valence-electron chi connectivity index (χ4n) is 3.20. The van der Waals surface area contributed by atoms with Gasteiger partial charge in [0.15, 0.2) is 11.6 Å². The fraction of sp³-hybridized carbons (Fsp3) is 0.474. The third-order valence-corrected chi connectivity index (χ3v) is 4.85. The summed E-state index contributed by atoms with van der Waals surface area (Å²) in [6.07, 6.45) is 5.28. The van der Waals surface area contributed by atoms with Crippen LogP contribution in [0.1, 0.15) is 26.7 Å². The van der Waals surface area contributed by atoms with Crippen LogP contribution in [0.3, 0.4) is 0 Å². The molecule has 0 aliphatic carbocycles. The molecule has 1 aliphatic heterocycles. The van der Waals surface area contributed by atoms with Crippen molar-refractivity contribution in [3.63, 3.8) is 0 Å². The van der Waals surface area contributed by atoms with Gasteiger partial charge in [-0.25, -0.2) is 0 Å². The van der Waals surface area contributed by atoms with Crippen LogP contribution in [0.5, 0.6) is 0 Å². The molecule has 1 fully saturated rings. The summed E-state index contributed by atoms with van der Waals surface area (Å²) in [5.41, 5.74) is 0.926. The van der Waals surface area contributed by atoms with E-state index in [0.717, 1.165) is 50.5 Å². The van der Waals surface area contributed by atoms with Crippen molar-refractivity contribution >= 4 is 23.2 Å². The second-order valence-corrected chi connectivity index (χ2v) is 6.46. The van der Waals surface area contributed by atoms with E-state index in [4.69, 9.17) is 0 Å². The van der Waals surface area contributed by atoms with Crippen LogP contribution in [0.25, 0.3) is 0 Å². The number of rotatable bonds is 6. The number of carbonyl (C=O) groups is 1. The molecule has 1 amide bonds. The summed E-state index contributed by atoms with van der Waals surface area (Å²) in [5.74, 6) is 1.99. The Morgan fingerprint density at radius 3 is 2.31 bits per heavy atom. The van der Waals surface area contributed by atoms with Gasteiger partial charge in [0.25, 0.3) is 0 Å². The molecule has 2 aromatic rings. The van der Waals surface area contributed by atoms with Crippen LogP contribution in [0, 0.1) is 5.92 Å². The summed E-state index contributed by atoms with van der Waals surface area (Å²) < 4.78 is 0. The van der Waals surface area contributed by atoms with Gasteiger partial charge in [0.2, 0.25) is 5.91 Å². The molecule has 3 rings (SSSR count). The lowest BCUT2D eigenvalue weighted by Crippen LogP contribution is -2.50. The highest BCUT2D eigenvalue weighted by Crippen LogP contribution is 2.19. The van der Waals surface area contributed by atoms with Gasteiger partial charge in [0.05, 0.1) is 0 Å². The summed E-state index contributed by atoms with van der Waals surface area (Å²) in [4.78, 5) is 20.6. The van der Waals surface area contributed by atoms with Crippen molar-refractivity contribution in [1.29, 1.82) is 0 Å². The van der Waals surface area contributed by atoms with Gasteiger partial charge in [0, 0.05) is 50.2 Å². The summed E-state index contributed by atoms with van der Waals surface area (Å²) in [6, 6.07) is 7.65. The molecular weight excluding hydrogens is 328 g/mol. The van der Waals surface area contributed by atoms with Gasteiger partial charge in [-0.1, -0.05) is 13.8 Å². The highest BCUT2D eigenvalue weighted by molar-refractivity contribution is 5.79. The van der Waals surface area contributed by atoms with Crippen molar-refractivity contribution in [3.8, 4) is 0 Å². The van der Waals surface area contributed by atoms with Crippen LogP contribution in [0.4, 0.5) is 17.3 Å². The number of carbonyl (C=O) groups excluding carboxylic acids is 1. The first-order valence-corrected chi connectivity index (χ1v) is 9.25. The average Bonchev–Trinajstić information content (AvgIpc) is 2.70. The number of amides is 1. The lowest BCUT2D eigenvalue weighted by atomic mass is 10.0. The molecule has 1 saturated heterocycles. The van der Waals surface area contributed by atoms with E-state index in [-0.39, 0.29) is 11.8 Å². The van der Waals surface area contributed by atoms with Crippen molar-refractivity contribution in [2.75, 3.05) is 36.4 Å². The van der Waals surface area contributed by atoms with Crippen molar-refractivity contribution in [2.24, 2.45) is 5.92 Å². The molecule has 3 heterocycles. The molecule has 0 radical (unpaired) electrons. The summed E-state index contributed by atoms with van der Waals surface area (Å²) in [6.45, 7) is 7.23. The molecular formula is C19H26N6O. The van der Waals surface area contributed by atoms with E-state index in [2.05, 4.69) is 39.2 Å². The van der Waals surface area contributed by atoms with Crippen LogP contribution in [0.15, 0.2) is 36.7 Å². The predicted octanol–water partition coefficient (Wildman–Crippen LogP) is 2.70. The number of nitrogens with zero attached hydrogens (tertiary/aromatic N) is 5. The summed E-state index contributed by atoms with van der Waals surface area (Å²) in [5, 5.41) is 11.8. The monoisotopic (exact) mass is 354 g/mol. The zero-order chi connectivity index (χ0) is 18.4. The third kappa shape index (κ3) is 4.28. The SMILES string of the molecule is CCC(CC)C(=O)N1CCN(c2ccc(Nc3ccncc3)nn2)CC1. The van der Waals surface area contributed by atoms with Crippen molar-refractivity contribution < 1.29 is 4.79 Å². The smallest absolute Gasteiger partial charge is 0.225 e. The topological polar surface area (TPSA) is 74.2 Å². The zero-order valence-electron chi connectivity index (χ0n) is 15.4. The summed E-state index contributed by atoms with van der Waals surface area (Å²) in [7, 11) is 0. The minimum Gasteiger partial charge on any atom is -0.352 e. The molecule has 0 saturated carbocycles. The Hall–Kier alpha value is -2.70. The third-order valence-electron chi connectivity index (χ3n) is 4.85. The van der Waals surface area contributed by atoms with Crippen molar-refractivity contribution in [3.05, 3.63) is 36.7 Å². The lowest BCUT2D eigenvalue weighted by molar-refractivity contribution is -0.136. The van der Waals surface area contributed by atoms with Gasteiger partial charge in [-0.15, -0.1) is 10.2 Å². The Morgan fingerprint density at radius 1 is 1.04 bits per heavy atom. The van der Waals surface area contributed by atoms with Gasteiger partial charge in [-0.2, -0.15) is 0 Å². The molecule has 1 N–H and O–H groups in total. The molecule has 26 heavy (non-hydrogen) atoms. The largest absolute Gasteiger partial charge is 0.352 e. The first-order valence-electron chi connectivity index (χ1n) is 9.25. The first-order chi connectivity index (χ1) is 12.7. The number of anilines is 3. The quantitative estimate of drug-likeness (QED) is 0.860. The molecule has 138 valence electrons. The Kier molecular flexibility index (Phi) is 5.99. The standard InChI is InChI=1S/C19H26N6O/c1-3-15(4-2)19(26)25-13-11-24(12-14-25)18-6-5-17(22-23-18)21-16-7-9-20-10-8-16/h5-10,15H,3-4,11-14H2,1-2H3,(H,20,21,22). The maximum absolute atomic E-state index is 12.5. The molecule has 0 bridgehead atoms.